The molecule has 0 fully saturated rings. The Morgan fingerprint density at radius 3 is 2.60 bits per heavy atom. The Morgan fingerprint density at radius 1 is 1.40 bits per heavy atom. The smallest absolute Gasteiger partial charge is 0.387 e. The largest absolute Gasteiger partial charge is 0.497 e. The minimum Gasteiger partial charge on any atom is -0.497 e. The molecule has 0 unspecified atom stereocenters. The molecule has 0 atom stereocenters. The van der Waals surface area contributed by atoms with Gasteiger partial charge in [-0.15, -0.1) is 0 Å². The Hall–Kier alpha value is -2.02. The molecule has 0 aliphatic heterocycles. The lowest BCUT2D eigenvalue weighted by Gasteiger charge is -2.03. The highest BCUT2D eigenvalue weighted by molar-refractivity contribution is 5.73. The SMILES string of the molecule is [C-]#[N+]CC(=O)OCc1ccc(OC)cc1. The van der Waals surface area contributed by atoms with Crippen LogP contribution in [0.25, 0.3) is 4.85 Å². The summed E-state index contributed by atoms with van der Waals surface area (Å²) in [6, 6.07) is 7.20. The van der Waals surface area contributed by atoms with E-state index in [-0.39, 0.29) is 13.2 Å². The number of carbonyl (C=O) groups is 1. The van der Waals surface area contributed by atoms with Gasteiger partial charge in [0.15, 0.2) is 0 Å². The number of methoxy groups -OCH3 is 1. The molecule has 0 radical (unpaired) electrons. The van der Waals surface area contributed by atoms with Crippen LogP contribution in [0.4, 0.5) is 0 Å². The minimum absolute atomic E-state index is 0.193. The van der Waals surface area contributed by atoms with Gasteiger partial charge in [-0.2, -0.15) is 0 Å². The van der Waals surface area contributed by atoms with E-state index in [9.17, 15) is 4.79 Å². The summed E-state index contributed by atoms with van der Waals surface area (Å²) in [5.41, 5.74) is 0.870. The number of hydrogen-bond acceptors (Lipinski definition) is 3. The lowest BCUT2D eigenvalue weighted by molar-refractivity contribution is -0.142. The molecule has 4 nitrogen and oxygen atoms in total. The van der Waals surface area contributed by atoms with Gasteiger partial charge >= 0.3 is 12.5 Å². The average molecular weight is 205 g/mol. The van der Waals surface area contributed by atoms with Crippen molar-refractivity contribution in [1.82, 2.24) is 0 Å². The first-order valence-corrected chi connectivity index (χ1v) is 4.38. The van der Waals surface area contributed by atoms with E-state index in [0.29, 0.717) is 0 Å². The average Bonchev–Trinajstić information content (AvgIpc) is 2.27. The molecule has 0 aliphatic rings. The molecule has 0 aliphatic carbocycles. The summed E-state index contributed by atoms with van der Waals surface area (Å²) >= 11 is 0. The zero-order valence-electron chi connectivity index (χ0n) is 8.40. The van der Waals surface area contributed by atoms with Gasteiger partial charge in [0.05, 0.1) is 7.11 Å². The Morgan fingerprint density at radius 2 is 2.07 bits per heavy atom. The van der Waals surface area contributed by atoms with Crippen LogP contribution >= 0.6 is 0 Å². The molecule has 0 N–H and O–H groups in total. The lowest BCUT2D eigenvalue weighted by Crippen LogP contribution is -2.06. The third-order valence-electron chi connectivity index (χ3n) is 1.77. The maximum Gasteiger partial charge on any atom is 0.387 e. The Kier molecular flexibility index (Phi) is 4.17. The van der Waals surface area contributed by atoms with Crippen LogP contribution in [0.15, 0.2) is 24.3 Å². The van der Waals surface area contributed by atoms with Crippen LogP contribution in [0.2, 0.25) is 0 Å². The highest BCUT2D eigenvalue weighted by atomic mass is 16.5. The third kappa shape index (κ3) is 3.69. The van der Waals surface area contributed by atoms with E-state index in [2.05, 4.69) is 4.85 Å². The summed E-state index contributed by atoms with van der Waals surface area (Å²) in [6.45, 7) is 6.44. The van der Waals surface area contributed by atoms with E-state index in [1.807, 2.05) is 12.1 Å². The fraction of sp³-hybridized carbons (Fsp3) is 0.273. The Balaban J connectivity index is 2.45. The molecule has 15 heavy (non-hydrogen) atoms. The van der Waals surface area contributed by atoms with E-state index < -0.39 is 5.97 Å². The normalized spacial score (nSPS) is 9.07. The van der Waals surface area contributed by atoms with Crippen LogP contribution in [0.5, 0.6) is 5.75 Å². The maximum absolute atomic E-state index is 10.9. The van der Waals surface area contributed by atoms with E-state index in [4.69, 9.17) is 16.0 Å². The fourth-order valence-corrected chi connectivity index (χ4v) is 0.996. The van der Waals surface area contributed by atoms with Crippen molar-refractivity contribution in [1.29, 1.82) is 0 Å². The summed E-state index contributed by atoms with van der Waals surface area (Å²) < 4.78 is 9.83. The first kappa shape index (κ1) is 11.1. The van der Waals surface area contributed by atoms with Crippen LogP contribution in [0.3, 0.4) is 0 Å². The standard InChI is InChI=1S/C11H11NO3/c1-12-7-11(13)15-8-9-3-5-10(14-2)6-4-9/h3-6H,7-8H2,2H3. The monoisotopic (exact) mass is 205 g/mol. The molecule has 1 aromatic carbocycles. The molecule has 78 valence electrons. The van der Waals surface area contributed by atoms with Crippen molar-refractivity contribution in [3.8, 4) is 5.75 Å². The zero-order chi connectivity index (χ0) is 11.1. The molecule has 4 heteroatoms. The molecule has 0 saturated heterocycles. The minimum atomic E-state index is -0.499. The second kappa shape index (κ2) is 5.66. The number of esters is 1. The summed E-state index contributed by atoms with van der Waals surface area (Å²) in [5.74, 6) is 0.257. The van der Waals surface area contributed by atoms with Crippen LogP contribution in [0.1, 0.15) is 5.56 Å². The van der Waals surface area contributed by atoms with Crippen LogP contribution in [-0.4, -0.2) is 19.6 Å². The van der Waals surface area contributed by atoms with Crippen molar-refractivity contribution in [2.75, 3.05) is 13.7 Å². The van der Waals surface area contributed by atoms with Crippen molar-refractivity contribution in [3.63, 3.8) is 0 Å². The summed E-state index contributed by atoms with van der Waals surface area (Å²) in [7, 11) is 1.59. The lowest BCUT2D eigenvalue weighted by atomic mass is 10.2. The van der Waals surface area contributed by atoms with E-state index >= 15 is 0 Å². The van der Waals surface area contributed by atoms with Gasteiger partial charge in [0.1, 0.15) is 12.4 Å². The van der Waals surface area contributed by atoms with Gasteiger partial charge in [0.2, 0.25) is 0 Å². The number of nitrogens with zero attached hydrogens (tertiary/aromatic N) is 1. The first-order valence-electron chi connectivity index (χ1n) is 4.38. The van der Waals surface area contributed by atoms with Crippen LogP contribution in [0, 0.1) is 6.57 Å². The fourth-order valence-electron chi connectivity index (χ4n) is 0.996. The number of ether oxygens (including phenoxy) is 2. The molecular formula is C11H11NO3. The van der Waals surface area contributed by atoms with E-state index in [1.54, 1.807) is 19.2 Å². The summed E-state index contributed by atoms with van der Waals surface area (Å²) in [4.78, 5) is 13.8. The molecule has 1 rings (SSSR count). The number of hydrogen-bond donors (Lipinski definition) is 0. The molecule has 0 saturated carbocycles. The van der Waals surface area contributed by atoms with Gasteiger partial charge in [-0.25, -0.2) is 11.4 Å². The maximum atomic E-state index is 10.9. The molecular weight excluding hydrogens is 194 g/mol. The van der Waals surface area contributed by atoms with Crippen LogP contribution in [-0.2, 0) is 16.1 Å². The summed E-state index contributed by atoms with van der Waals surface area (Å²) in [6.07, 6.45) is 0. The second-order valence-corrected chi connectivity index (χ2v) is 2.82. The third-order valence-corrected chi connectivity index (χ3v) is 1.77. The highest BCUT2D eigenvalue weighted by Gasteiger charge is 2.05. The Bertz CT molecular complexity index is 364. The van der Waals surface area contributed by atoms with Gasteiger partial charge < -0.3 is 14.3 Å². The van der Waals surface area contributed by atoms with Gasteiger partial charge in [-0.3, -0.25) is 0 Å². The van der Waals surface area contributed by atoms with Crippen molar-refractivity contribution in [2.24, 2.45) is 0 Å². The second-order valence-electron chi connectivity index (χ2n) is 2.82. The van der Waals surface area contributed by atoms with Gasteiger partial charge in [0, 0.05) is 0 Å². The van der Waals surface area contributed by atoms with Crippen LogP contribution < -0.4 is 4.74 Å². The topological polar surface area (TPSA) is 39.9 Å². The van der Waals surface area contributed by atoms with Crippen molar-refractivity contribution < 1.29 is 14.3 Å². The van der Waals surface area contributed by atoms with E-state index in [0.717, 1.165) is 11.3 Å². The Labute approximate surface area is 88.2 Å². The predicted molar refractivity (Wildman–Crippen MR) is 54.3 cm³/mol. The summed E-state index contributed by atoms with van der Waals surface area (Å²) in [5, 5.41) is 0. The molecule has 0 heterocycles. The van der Waals surface area contributed by atoms with E-state index in [1.165, 1.54) is 0 Å². The highest BCUT2D eigenvalue weighted by Crippen LogP contribution is 2.11. The van der Waals surface area contributed by atoms with Gasteiger partial charge in [0.25, 0.3) is 0 Å². The molecule has 0 aromatic heterocycles. The quantitative estimate of drug-likeness (QED) is 0.554. The number of rotatable bonds is 4. The molecule has 0 spiro atoms. The van der Waals surface area contributed by atoms with Crippen molar-refractivity contribution in [2.45, 2.75) is 6.61 Å². The van der Waals surface area contributed by atoms with Gasteiger partial charge in [-0.05, 0) is 17.7 Å². The van der Waals surface area contributed by atoms with Gasteiger partial charge in [-0.1, -0.05) is 12.1 Å². The molecule has 1 aromatic rings. The predicted octanol–water partition coefficient (Wildman–Crippen LogP) is 1.66. The first-order chi connectivity index (χ1) is 7.26. The number of benzene rings is 1. The van der Waals surface area contributed by atoms with Crippen molar-refractivity contribution in [3.05, 3.63) is 41.2 Å². The molecule has 0 amide bonds. The molecule has 0 bridgehead atoms. The van der Waals surface area contributed by atoms with Crippen molar-refractivity contribution >= 4 is 5.97 Å². The number of carbonyl (C=O) groups excluding carboxylic acids is 1. The zero-order valence-corrected chi connectivity index (χ0v) is 8.40.